The predicted octanol–water partition coefficient (Wildman–Crippen LogP) is 5.36. The number of aryl methyl sites for hydroxylation is 1. The summed E-state index contributed by atoms with van der Waals surface area (Å²) in [4.78, 5) is 0. The lowest BCUT2D eigenvalue weighted by Crippen LogP contribution is -2.38. The molecule has 0 saturated heterocycles. The van der Waals surface area contributed by atoms with Crippen LogP contribution in [0.4, 0.5) is 0 Å². The summed E-state index contributed by atoms with van der Waals surface area (Å²) in [5.74, 6) is 0. The standard InChI is InChI=1S/C20H22Si/c1-15-9-11-16(12-10-15)17-13-14-20(21(2,3)4)19-8-6-5-7-18(17)19/h5-14H,1-4H3. The van der Waals surface area contributed by atoms with E-state index in [4.69, 9.17) is 0 Å². The first kappa shape index (κ1) is 14.1. The van der Waals surface area contributed by atoms with Gasteiger partial charge in [0.25, 0.3) is 0 Å². The maximum Gasteiger partial charge on any atom is 0.0784 e. The zero-order valence-electron chi connectivity index (χ0n) is 13.3. The van der Waals surface area contributed by atoms with Gasteiger partial charge in [0.05, 0.1) is 8.07 Å². The Kier molecular flexibility index (Phi) is 3.46. The molecule has 0 aromatic heterocycles. The van der Waals surface area contributed by atoms with Crippen LogP contribution in [0.5, 0.6) is 0 Å². The molecule has 0 fully saturated rings. The molecule has 21 heavy (non-hydrogen) atoms. The third kappa shape index (κ3) is 2.66. The minimum Gasteiger partial charge on any atom is -0.0656 e. The van der Waals surface area contributed by atoms with E-state index in [2.05, 4.69) is 87.2 Å². The van der Waals surface area contributed by atoms with Gasteiger partial charge in [-0.15, -0.1) is 0 Å². The fourth-order valence-electron chi connectivity index (χ4n) is 2.94. The van der Waals surface area contributed by atoms with Crippen molar-refractivity contribution in [2.45, 2.75) is 26.6 Å². The summed E-state index contributed by atoms with van der Waals surface area (Å²) < 4.78 is 0. The van der Waals surface area contributed by atoms with Crippen LogP contribution < -0.4 is 5.19 Å². The Labute approximate surface area is 128 Å². The zero-order chi connectivity index (χ0) is 15.0. The van der Waals surface area contributed by atoms with Gasteiger partial charge in [-0.25, -0.2) is 0 Å². The molecule has 0 heterocycles. The van der Waals surface area contributed by atoms with Crippen molar-refractivity contribution in [1.29, 1.82) is 0 Å². The lowest BCUT2D eigenvalue weighted by atomic mass is 9.97. The van der Waals surface area contributed by atoms with Crippen molar-refractivity contribution in [2.24, 2.45) is 0 Å². The number of fused-ring (bicyclic) bond motifs is 1. The lowest BCUT2D eigenvalue weighted by molar-refractivity contribution is 1.47. The van der Waals surface area contributed by atoms with Crippen LogP contribution in [0.1, 0.15) is 5.56 Å². The number of hydrogen-bond acceptors (Lipinski definition) is 0. The van der Waals surface area contributed by atoms with Crippen LogP contribution in [0.25, 0.3) is 21.9 Å². The predicted molar refractivity (Wildman–Crippen MR) is 97.1 cm³/mol. The molecule has 0 bridgehead atoms. The topological polar surface area (TPSA) is 0 Å². The van der Waals surface area contributed by atoms with E-state index >= 15 is 0 Å². The van der Waals surface area contributed by atoms with Crippen LogP contribution in [-0.4, -0.2) is 8.07 Å². The number of rotatable bonds is 2. The van der Waals surface area contributed by atoms with Crippen LogP contribution in [0, 0.1) is 6.92 Å². The highest BCUT2D eigenvalue weighted by Gasteiger charge is 2.20. The van der Waals surface area contributed by atoms with Crippen molar-refractivity contribution in [3.63, 3.8) is 0 Å². The van der Waals surface area contributed by atoms with Crippen molar-refractivity contribution >= 4 is 24.0 Å². The molecule has 0 spiro atoms. The molecule has 0 unspecified atom stereocenters. The van der Waals surface area contributed by atoms with Gasteiger partial charge in [0.1, 0.15) is 0 Å². The quantitative estimate of drug-likeness (QED) is 0.557. The molecule has 0 radical (unpaired) electrons. The van der Waals surface area contributed by atoms with E-state index in [-0.39, 0.29) is 0 Å². The normalized spacial score (nSPS) is 11.8. The van der Waals surface area contributed by atoms with Gasteiger partial charge in [0.15, 0.2) is 0 Å². The van der Waals surface area contributed by atoms with E-state index in [0.29, 0.717) is 0 Å². The van der Waals surface area contributed by atoms with Crippen LogP contribution in [0.3, 0.4) is 0 Å². The van der Waals surface area contributed by atoms with Gasteiger partial charge in [-0.05, 0) is 28.8 Å². The highest BCUT2D eigenvalue weighted by Crippen LogP contribution is 2.29. The molecule has 0 saturated carbocycles. The molecule has 3 rings (SSSR count). The van der Waals surface area contributed by atoms with E-state index in [9.17, 15) is 0 Å². The van der Waals surface area contributed by atoms with E-state index in [1.165, 1.54) is 27.5 Å². The zero-order valence-corrected chi connectivity index (χ0v) is 14.3. The molecule has 0 amide bonds. The summed E-state index contributed by atoms with van der Waals surface area (Å²) in [5.41, 5.74) is 3.95. The van der Waals surface area contributed by atoms with Gasteiger partial charge in [-0.1, -0.05) is 91.1 Å². The highest BCUT2D eigenvalue weighted by molar-refractivity contribution is 6.90. The van der Waals surface area contributed by atoms with Gasteiger partial charge >= 0.3 is 0 Å². The molecule has 0 aliphatic heterocycles. The molecule has 3 aromatic carbocycles. The Morgan fingerprint density at radius 2 is 1.29 bits per heavy atom. The smallest absolute Gasteiger partial charge is 0.0656 e. The second-order valence-corrected chi connectivity index (χ2v) is 11.9. The minimum absolute atomic E-state index is 1.30. The molecule has 1 heteroatoms. The Morgan fingerprint density at radius 3 is 1.90 bits per heavy atom. The Balaban J connectivity index is 2.29. The number of benzene rings is 3. The Bertz CT molecular complexity index is 777. The molecule has 0 atom stereocenters. The Morgan fingerprint density at radius 1 is 0.667 bits per heavy atom. The number of hydrogen-bond donors (Lipinski definition) is 0. The van der Waals surface area contributed by atoms with Crippen LogP contribution in [-0.2, 0) is 0 Å². The average molecular weight is 290 g/mol. The van der Waals surface area contributed by atoms with Gasteiger partial charge in [0, 0.05) is 0 Å². The van der Waals surface area contributed by atoms with E-state index in [0.717, 1.165) is 0 Å². The second-order valence-electron chi connectivity index (χ2n) is 6.82. The van der Waals surface area contributed by atoms with E-state index in [1.807, 2.05) is 0 Å². The summed E-state index contributed by atoms with van der Waals surface area (Å²) in [7, 11) is -1.33. The average Bonchev–Trinajstić information content (AvgIpc) is 2.46. The summed E-state index contributed by atoms with van der Waals surface area (Å²) in [6.45, 7) is 9.39. The molecule has 0 aliphatic rings. The lowest BCUT2D eigenvalue weighted by Gasteiger charge is -2.21. The Hall–Kier alpha value is -1.86. The van der Waals surface area contributed by atoms with Gasteiger partial charge in [0.2, 0.25) is 0 Å². The summed E-state index contributed by atoms with van der Waals surface area (Å²) in [5, 5.41) is 4.35. The largest absolute Gasteiger partial charge is 0.0784 e. The molecule has 3 aromatic rings. The van der Waals surface area contributed by atoms with Crippen LogP contribution >= 0.6 is 0 Å². The van der Waals surface area contributed by atoms with Crippen molar-refractivity contribution in [1.82, 2.24) is 0 Å². The molecule has 0 N–H and O–H groups in total. The maximum atomic E-state index is 2.42. The first-order valence-electron chi connectivity index (χ1n) is 7.56. The third-order valence-electron chi connectivity index (χ3n) is 4.09. The molecule has 0 nitrogen and oxygen atoms in total. The molecular formula is C20H22Si. The van der Waals surface area contributed by atoms with Crippen molar-refractivity contribution in [3.8, 4) is 11.1 Å². The van der Waals surface area contributed by atoms with E-state index < -0.39 is 8.07 Å². The monoisotopic (exact) mass is 290 g/mol. The fraction of sp³-hybridized carbons (Fsp3) is 0.200. The minimum atomic E-state index is -1.33. The molecular weight excluding hydrogens is 268 g/mol. The van der Waals surface area contributed by atoms with Crippen molar-refractivity contribution in [2.75, 3.05) is 0 Å². The van der Waals surface area contributed by atoms with Gasteiger partial charge < -0.3 is 0 Å². The fourth-order valence-corrected chi connectivity index (χ4v) is 4.55. The van der Waals surface area contributed by atoms with Crippen LogP contribution in [0.15, 0.2) is 60.7 Å². The second kappa shape index (κ2) is 5.16. The SMILES string of the molecule is Cc1ccc(-c2ccc([Si](C)(C)C)c3ccccc23)cc1. The first-order chi connectivity index (χ1) is 9.97. The first-order valence-corrected chi connectivity index (χ1v) is 11.1. The molecule has 106 valence electrons. The summed E-state index contributed by atoms with van der Waals surface area (Å²) in [6, 6.07) is 22.3. The van der Waals surface area contributed by atoms with Crippen molar-refractivity contribution < 1.29 is 0 Å². The highest BCUT2D eigenvalue weighted by atomic mass is 28.3. The summed E-state index contributed by atoms with van der Waals surface area (Å²) >= 11 is 0. The van der Waals surface area contributed by atoms with Gasteiger partial charge in [-0.2, -0.15) is 0 Å². The third-order valence-corrected chi connectivity index (χ3v) is 6.15. The maximum absolute atomic E-state index is 2.42. The molecule has 0 aliphatic carbocycles. The van der Waals surface area contributed by atoms with Gasteiger partial charge in [-0.3, -0.25) is 0 Å². The van der Waals surface area contributed by atoms with Crippen molar-refractivity contribution in [3.05, 3.63) is 66.2 Å². The summed E-state index contributed by atoms with van der Waals surface area (Å²) in [6.07, 6.45) is 0. The van der Waals surface area contributed by atoms with Crippen LogP contribution in [0.2, 0.25) is 19.6 Å². The van der Waals surface area contributed by atoms with E-state index in [1.54, 1.807) is 5.19 Å².